The van der Waals surface area contributed by atoms with Gasteiger partial charge in [0.2, 0.25) is 0 Å². The van der Waals surface area contributed by atoms with Crippen molar-refractivity contribution >= 4 is 11.0 Å². The standard InChI is InChI=1S/C19H21N3/c1-13(2)12-22-18-9-4-14(3)10-17(18)21-19(22)16-7-5-15(11-20)6-8-16/h4-10H,1,11-12,20H2,2-3H3. The molecule has 3 aromatic rings. The molecule has 0 amide bonds. The molecule has 3 nitrogen and oxygen atoms in total. The molecule has 2 N–H and O–H groups in total. The smallest absolute Gasteiger partial charge is 0.141 e. The topological polar surface area (TPSA) is 43.8 Å². The Morgan fingerprint density at radius 1 is 1.18 bits per heavy atom. The molecule has 1 heterocycles. The number of nitrogens with two attached hydrogens (primary N) is 1. The fraction of sp³-hybridized carbons (Fsp3) is 0.211. The van der Waals surface area contributed by atoms with Crippen molar-refractivity contribution in [2.24, 2.45) is 5.73 Å². The summed E-state index contributed by atoms with van der Waals surface area (Å²) in [6.45, 7) is 9.51. The third-order valence-electron chi connectivity index (χ3n) is 3.78. The molecule has 0 unspecified atom stereocenters. The molecule has 0 aliphatic carbocycles. The molecule has 0 saturated heterocycles. The average Bonchev–Trinajstić information content (AvgIpc) is 2.84. The van der Waals surface area contributed by atoms with Crippen molar-refractivity contribution in [3.05, 3.63) is 65.7 Å². The number of nitrogens with zero attached hydrogens (tertiary/aromatic N) is 2. The summed E-state index contributed by atoms with van der Waals surface area (Å²) in [5.41, 5.74) is 12.4. The summed E-state index contributed by atoms with van der Waals surface area (Å²) < 4.78 is 2.23. The molecule has 0 saturated carbocycles. The van der Waals surface area contributed by atoms with Gasteiger partial charge in [0.25, 0.3) is 0 Å². The van der Waals surface area contributed by atoms with E-state index in [0.29, 0.717) is 6.54 Å². The van der Waals surface area contributed by atoms with Crippen LogP contribution in [0.5, 0.6) is 0 Å². The van der Waals surface area contributed by atoms with Crippen molar-refractivity contribution in [3.63, 3.8) is 0 Å². The second-order valence-electron chi connectivity index (χ2n) is 5.87. The van der Waals surface area contributed by atoms with Gasteiger partial charge in [-0.2, -0.15) is 0 Å². The first-order valence-corrected chi connectivity index (χ1v) is 7.49. The lowest BCUT2D eigenvalue weighted by Crippen LogP contribution is -2.02. The zero-order valence-corrected chi connectivity index (χ0v) is 13.1. The van der Waals surface area contributed by atoms with Gasteiger partial charge in [0.05, 0.1) is 11.0 Å². The number of hydrogen-bond acceptors (Lipinski definition) is 2. The van der Waals surface area contributed by atoms with Gasteiger partial charge in [0, 0.05) is 18.7 Å². The fourth-order valence-electron chi connectivity index (χ4n) is 2.68. The molecule has 0 spiro atoms. The average molecular weight is 291 g/mol. The number of rotatable bonds is 4. The molecule has 0 aliphatic heterocycles. The number of imidazole rings is 1. The van der Waals surface area contributed by atoms with Crippen LogP contribution in [0.15, 0.2) is 54.6 Å². The molecular weight excluding hydrogens is 270 g/mol. The Hall–Kier alpha value is -2.39. The highest BCUT2D eigenvalue weighted by Crippen LogP contribution is 2.26. The zero-order chi connectivity index (χ0) is 15.7. The number of aryl methyl sites for hydroxylation is 1. The third kappa shape index (κ3) is 2.68. The van der Waals surface area contributed by atoms with E-state index in [9.17, 15) is 0 Å². The Kier molecular flexibility index (Phi) is 3.82. The summed E-state index contributed by atoms with van der Waals surface area (Å²) in [6, 6.07) is 14.7. The number of aromatic nitrogens is 2. The highest BCUT2D eigenvalue weighted by Gasteiger charge is 2.12. The molecule has 1 aromatic heterocycles. The van der Waals surface area contributed by atoms with E-state index >= 15 is 0 Å². The van der Waals surface area contributed by atoms with Crippen molar-refractivity contribution in [2.75, 3.05) is 0 Å². The first kappa shape index (κ1) is 14.5. The summed E-state index contributed by atoms with van der Waals surface area (Å²) in [6.07, 6.45) is 0. The van der Waals surface area contributed by atoms with Crippen LogP contribution in [0.1, 0.15) is 18.1 Å². The molecule has 0 atom stereocenters. The largest absolute Gasteiger partial charge is 0.326 e. The van der Waals surface area contributed by atoms with Gasteiger partial charge in [-0.3, -0.25) is 0 Å². The second kappa shape index (κ2) is 5.78. The van der Waals surface area contributed by atoms with Crippen LogP contribution in [0.3, 0.4) is 0 Å². The fourth-order valence-corrected chi connectivity index (χ4v) is 2.68. The van der Waals surface area contributed by atoms with Gasteiger partial charge in [-0.05, 0) is 37.1 Å². The lowest BCUT2D eigenvalue weighted by Gasteiger charge is -2.09. The van der Waals surface area contributed by atoms with Gasteiger partial charge < -0.3 is 10.3 Å². The van der Waals surface area contributed by atoms with Crippen LogP contribution in [-0.2, 0) is 13.1 Å². The number of benzene rings is 2. The second-order valence-corrected chi connectivity index (χ2v) is 5.87. The minimum Gasteiger partial charge on any atom is -0.326 e. The van der Waals surface area contributed by atoms with E-state index in [-0.39, 0.29) is 0 Å². The maximum atomic E-state index is 5.68. The molecule has 2 aromatic carbocycles. The van der Waals surface area contributed by atoms with Crippen molar-refractivity contribution in [1.29, 1.82) is 0 Å². The van der Waals surface area contributed by atoms with Crippen LogP contribution in [0.25, 0.3) is 22.4 Å². The highest BCUT2D eigenvalue weighted by atomic mass is 15.1. The summed E-state index contributed by atoms with van der Waals surface area (Å²) in [5, 5.41) is 0. The monoisotopic (exact) mass is 291 g/mol. The van der Waals surface area contributed by atoms with E-state index in [1.165, 1.54) is 5.56 Å². The zero-order valence-electron chi connectivity index (χ0n) is 13.1. The van der Waals surface area contributed by atoms with Gasteiger partial charge in [-0.25, -0.2) is 4.98 Å². The first-order valence-electron chi connectivity index (χ1n) is 7.49. The maximum Gasteiger partial charge on any atom is 0.141 e. The summed E-state index contributed by atoms with van der Waals surface area (Å²) in [5.74, 6) is 0.979. The van der Waals surface area contributed by atoms with Crippen LogP contribution in [0, 0.1) is 6.92 Å². The number of allylic oxidation sites excluding steroid dienone is 1. The summed E-state index contributed by atoms with van der Waals surface area (Å²) in [4.78, 5) is 4.84. The van der Waals surface area contributed by atoms with Gasteiger partial charge >= 0.3 is 0 Å². The minimum absolute atomic E-state index is 0.557. The Morgan fingerprint density at radius 3 is 2.55 bits per heavy atom. The molecule has 0 aliphatic rings. The van der Waals surface area contributed by atoms with E-state index in [0.717, 1.165) is 40.1 Å². The predicted molar refractivity (Wildman–Crippen MR) is 92.6 cm³/mol. The summed E-state index contributed by atoms with van der Waals surface area (Å²) in [7, 11) is 0. The Labute approximate surface area is 131 Å². The quantitative estimate of drug-likeness (QED) is 0.737. The molecular formula is C19H21N3. The van der Waals surface area contributed by atoms with Crippen LogP contribution >= 0.6 is 0 Å². The normalized spacial score (nSPS) is 11.0. The molecule has 3 heteroatoms. The predicted octanol–water partition coefficient (Wildman–Crippen LogP) is 4.05. The lowest BCUT2D eigenvalue weighted by molar-refractivity contribution is 0.820. The van der Waals surface area contributed by atoms with Gasteiger partial charge in [0.1, 0.15) is 5.82 Å². The molecule has 0 fully saturated rings. The molecule has 112 valence electrons. The van der Waals surface area contributed by atoms with E-state index in [4.69, 9.17) is 10.7 Å². The Morgan fingerprint density at radius 2 is 1.91 bits per heavy atom. The van der Waals surface area contributed by atoms with Gasteiger partial charge in [-0.1, -0.05) is 42.5 Å². The van der Waals surface area contributed by atoms with Crippen LogP contribution in [0.2, 0.25) is 0 Å². The van der Waals surface area contributed by atoms with E-state index in [1.807, 2.05) is 6.92 Å². The molecule has 3 rings (SSSR count). The van der Waals surface area contributed by atoms with Crippen molar-refractivity contribution in [3.8, 4) is 11.4 Å². The van der Waals surface area contributed by atoms with E-state index < -0.39 is 0 Å². The Balaban J connectivity index is 2.19. The van der Waals surface area contributed by atoms with Gasteiger partial charge in [0.15, 0.2) is 0 Å². The summed E-state index contributed by atoms with van der Waals surface area (Å²) >= 11 is 0. The Bertz CT molecular complexity index is 826. The molecule has 0 bridgehead atoms. The van der Waals surface area contributed by atoms with Crippen LogP contribution in [0.4, 0.5) is 0 Å². The first-order chi connectivity index (χ1) is 10.6. The third-order valence-corrected chi connectivity index (χ3v) is 3.78. The van der Waals surface area contributed by atoms with Crippen LogP contribution < -0.4 is 5.73 Å². The van der Waals surface area contributed by atoms with E-state index in [1.54, 1.807) is 0 Å². The van der Waals surface area contributed by atoms with Crippen molar-refractivity contribution < 1.29 is 0 Å². The molecule has 0 radical (unpaired) electrons. The van der Waals surface area contributed by atoms with Crippen molar-refractivity contribution in [2.45, 2.75) is 26.9 Å². The minimum atomic E-state index is 0.557. The van der Waals surface area contributed by atoms with E-state index in [2.05, 4.69) is 60.5 Å². The molecule has 22 heavy (non-hydrogen) atoms. The van der Waals surface area contributed by atoms with Crippen LogP contribution in [-0.4, -0.2) is 9.55 Å². The SMILES string of the molecule is C=C(C)Cn1c(-c2ccc(CN)cc2)nc2cc(C)ccc21. The van der Waals surface area contributed by atoms with Crippen molar-refractivity contribution in [1.82, 2.24) is 9.55 Å². The number of fused-ring (bicyclic) bond motifs is 1. The lowest BCUT2D eigenvalue weighted by atomic mass is 10.1. The van der Waals surface area contributed by atoms with Gasteiger partial charge in [-0.15, -0.1) is 0 Å². The number of hydrogen-bond donors (Lipinski definition) is 1. The maximum absolute atomic E-state index is 5.68. The highest BCUT2D eigenvalue weighted by molar-refractivity contribution is 5.81.